The number of nitrogens with one attached hydrogen (secondary N) is 1. The number of halogens is 6. The van der Waals surface area contributed by atoms with Crippen LogP contribution in [0.3, 0.4) is 0 Å². The van der Waals surface area contributed by atoms with Crippen molar-refractivity contribution < 1.29 is 9.18 Å². The fourth-order valence-corrected chi connectivity index (χ4v) is 3.68. The van der Waals surface area contributed by atoms with Gasteiger partial charge >= 0.3 is 0 Å². The normalized spacial score (nSPS) is 23.3. The number of carbonyl (C=O) groups excluding carboxylic acids is 1. The molecule has 1 saturated carbocycles. The van der Waals surface area contributed by atoms with Crippen molar-refractivity contribution in [2.45, 2.75) is 23.7 Å². The molecule has 0 saturated heterocycles. The maximum Gasteiger partial charge on any atom is 0.224 e. The van der Waals surface area contributed by atoms with Crippen LogP contribution in [-0.2, 0) is 4.79 Å². The monoisotopic (exact) mass is 431 g/mol. The Labute approximate surface area is 165 Å². The number of carbonyl (C=O) groups is 1. The van der Waals surface area contributed by atoms with Gasteiger partial charge in [0.05, 0.1) is 5.92 Å². The van der Waals surface area contributed by atoms with Crippen LogP contribution in [0.25, 0.3) is 0 Å². The van der Waals surface area contributed by atoms with Crippen molar-refractivity contribution in [3.8, 4) is 0 Å². The molecule has 0 unspecified atom stereocenters. The molecule has 1 aliphatic carbocycles. The summed E-state index contributed by atoms with van der Waals surface area (Å²) in [4.78, 5) is 12.6. The molecular weight excluding hydrogens is 418 g/mol. The molecule has 1 aromatic carbocycles. The topological polar surface area (TPSA) is 29.1 Å². The molecule has 2 rings (SSSR count). The summed E-state index contributed by atoms with van der Waals surface area (Å²) in [5.41, 5.74) is 0.186. The van der Waals surface area contributed by atoms with Gasteiger partial charge in [0.15, 0.2) is 0 Å². The molecule has 24 heavy (non-hydrogen) atoms. The van der Waals surface area contributed by atoms with Gasteiger partial charge in [-0.3, -0.25) is 4.79 Å². The van der Waals surface area contributed by atoms with Crippen molar-refractivity contribution in [3.63, 3.8) is 0 Å². The van der Waals surface area contributed by atoms with Gasteiger partial charge in [-0.25, -0.2) is 4.39 Å². The van der Waals surface area contributed by atoms with Crippen molar-refractivity contribution in [3.05, 3.63) is 46.2 Å². The molecule has 1 aromatic rings. The van der Waals surface area contributed by atoms with Crippen LogP contribution in [-0.4, -0.2) is 9.70 Å². The van der Waals surface area contributed by atoms with Gasteiger partial charge in [-0.05, 0) is 35.1 Å². The predicted molar refractivity (Wildman–Crippen MR) is 98.1 cm³/mol. The van der Waals surface area contributed by atoms with Crippen LogP contribution in [0.2, 0.25) is 0 Å². The zero-order chi connectivity index (χ0) is 18.3. The first kappa shape index (κ1) is 20.1. The van der Waals surface area contributed by atoms with E-state index in [9.17, 15) is 9.18 Å². The average Bonchev–Trinajstić information content (AvgIpc) is 2.96. The van der Waals surface area contributed by atoms with Gasteiger partial charge in [0.1, 0.15) is 16.4 Å². The Hall–Kier alpha value is -0.190. The Balaban J connectivity index is 2.21. The molecule has 2 nitrogen and oxygen atoms in total. The first-order valence-corrected chi connectivity index (χ1v) is 8.99. The van der Waals surface area contributed by atoms with E-state index in [0.29, 0.717) is 5.56 Å². The Bertz CT molecular complexity index is 649. The van der Waals surface area contributed by atoms with Crippen molar-refractivity contribution in [1.29, 1.82) is 0 Å². The fraction of sp³-hybridized carbons (Fsp3) is 0.438. The lowest BCUT2D eigenvalue weighted by Gasteiger charge is -2.26. The smallest absolute Gasteiger partial charge is 0.224 e. The van der Waals surface area contributed by atoms with Crippen molar-refractivity contribution >= 4 is 63.9 Å². The van der Waals surface area contributed by atoms with Crippen LogP contribution >= 0.6 is 58.0 Å². The fourth-order valence-electron chi connectivity index (χ4n) is 2.87. The molecule has 0 heterocycles. The molecule has 8 heteroatoms. The quantitative estimate of drug-likeness (QED) is 0.585. The third-order valence-corrected chi connectivity index (χ3v) is 5.22. The van der Waals surface area contributed by atoms with Gasteiger partial charge in [-0.1, -0.05) is 84.0 Å². The highest BCUT2D eigenvalue weighted by Crippen LogP contribution is 2.60. The average molecular weight is 434 g/mol. The maximum atomic E-state index is 13.1. The number of hydrogen-bond acceptors (Lipinski definition) is 1. The molecule has 1 fully saturated rings. The highest BCUT2D eigenvalue weighted by molar-refractivity contribution is 6.68. The Morgan fingerprint density at radius 3 is 2.25 bits per heavy atom. The summed E-state index contributed by atoms with van der Waals surface area (Å²) in [6.07, 6.45) is 1.63. The summed E-state index contributed by atoms with van der Waals surface area (Å²) < 4.78 is 11.4. The number of amides is 1. The van der Waals surface area contributed by atoms with Crippen LogP contribution in [0.4, 0.5) is 4.39 Å². The largest absolute Gasteiger partial charge is 0.345 e. The predicted octanol–water partition coefficient (Wildman–Crippen LogP) is 5.94. The minimum atomic E-state index is -1.79. The van der Waals surface area contributed by atoms with Crippen molar-refractivity contribution in [2.75, 3.05) is 0 Å². The van der Waals surface area contributed by atoms with Crippen LogP contribution in [0, 0.1) is 23.1 Å². The van der Waals surface area contributed by atoms with Gasteiger partial charge in [-0.2, -0.15) is 0 Å². The highest BCUT2D eigenvalue weighted by Gasteiger charge is 2.61. The van der Waals surface area contributed by atoms with E-state index in [1.54, 1.807) is 6.08 Å². The number of benzene rings is 1. The third-order valence-electron chi connectivity index (χ3n) is 4.32. The van der Waals surface area contributed by atoms with E-state index in [1.807, 2.05) is 13.8 Å². The zero-order valence-corrected chi connectivity index (χ0v) is 16.6. The van der Waals surface area contributed by atoms with Crippen LogP contribution < -0.4 is 5.32 Å². The second-order valence-electron chi connectivity index (χ2n) is 6.32. The molecule has 0 radical (unpaired) electrons. The lowest BCUT2D eigenvalue weighted by Crippen LogP contribution is -2.38. The number of rotatable bonds is 4. The molecule has 132 valence electrons. The minimum Gasteiger partial charge on any atom is -0.345 e. The van der Waals surface area contributed by atoms with Gasteiger partial charge in [0.25, 0.3) is 0 Å². The second-order valence-corrected chi connectivity index (χ2v) is 9.69. The Kier molecular flexibility index (Phi) is 6.04. The third kappa shape index (κ3) is 4.50. The van der Waals surface area contributed by atoms with E-state index in [2.05, 4.69) is 5.32 Å². The molecule has 0 aromatic heterocycles. The Morgan fingerprint density at radius 2 is 1.79 bits per heavy atom. The number of hydrogen-bond donors (Lipinski definition) is 1. The summed E-state index contributed by atoms with van der Waals surface area (Å²) in [5.74, 6) is -1.15. The van der Waals surface area contributed by atoms with Crippen LogP contribution in [0.5, 0.6) is 0 Å². The van der Waals surface area contributed by atoms with E-state index in [0.717, 1.165) is 0 Å². The molecule has 0 spiro atoms. The lowest BCUT2D eigenvalue weighted by atomic mass is 10.1. The van der Waals surface area contributed by atoms with Gasteiger partial charge < -0.3 is 5.32 Å². The van der Waals surface area contributed by atoms with E-state index in [-0.39, 0.29) is 27.6 Å². The SMILES string of the molecule is CC1(C)[C@H](C=C(Cl)Cl)[C@@H]1C(=O)N[C@@H](c1ccc(F)cc1)C(Cl)(Cl)Cl. The van der Waals surface area contributed by atoms with E-state index < -0.39 is 15.7 Å². The first-order valence-electron chi connectivity index (χ1n) is 7.10. The maximum absolute atomic E-state index is 13.1. The van der Waals surface area contributed by atoms with Gasteiger partial charge in [0.2, 0.25) is 9.70 Å². The second kappa shape index (κ2) is 7.20. The molecule has 0 aliphatic heterocycles. The molecule has 0 bridgehead atoms. The summed E-state index contributed by atoms with van der Waals surface area (Å²) in [6, 6.07) is 4.50. The molecular formula is C16H15Cl5FNO. The molecule has 3 atom stereocenters. The first-order chi connectivity index (χ1) is 10.9. The molecule has 1 amide bonds. The Morgan fingerprint density at radius 1 is 1.25 bits per heavy atom. The van der Waals surface area contributed by atoms with Crippen LogP contribution in [0.1, 0.15) is 25.5 Å². The van der Waals surface area contributed by atoms with Crippen molar-refractivity contribution in [1.82, 2.24) is 5.32 Å². The number of alkyl halides is 3. The summed E-state index contributed by atoms with van der Waals surface area (Å²) in [6.45, 7) is 3.86. The summed E-state index contributed by atoms with van der Waals surface area (Å²) in [7, 11) is 0. The molecule has 1 N–H and O–H groups in total. The van der Waals surface area contributed by atoms with Gasteiger partial charge in [-0.15, -0.1) is 0 Å². The van der Waals surface area contributed by atoms with E-state index in [1.165, 1.54) is 24.3 Å². The standard InChI is InChI=1S/C16H15Cl5FNO/c1-15(2)10(7-11(17)18)12(15)14(24)23-13(16(19,20)21)8-3-5-9(22)6-4-8/h3-7,10,12-13H,1-2H3,(H,23,24)/t10-,12-,13+/m1/s1. The zero-order valence-electron chi connectivity index (χ0n) is 12.8. The van der Waals surface area contributed by atoms with Crippen molar-refractivity contribution in [2.24, 2.45) is 17.3 Å². The minimum absolute atomic E-state index is 0.105. The van der Waals surface area contributed by atoms with E-state index >= 15 is 0 Å². The summed E-state index contributed by atoms with van der Waals surface area (Å²) in [5, 5.41) is 2.74. The van der Waals surface area contributed by atoms with Crippen LogP contribution in [0.15, 0.2) is 34.8 Å². The van der Waals surface area contributed by atoms with E-state index in [4.69, 9.17) is 58.0 Å². The highest BCUT2D eigenvalue weighted by atomic mass is 35.6. The molecule has 1 aliphatic rings. The lowest BCUT2D eigenvalue weighted by molar-refractivity contribution is -0.123. The van der Waals surface area contributed by atoms with Gasteiger partial charge in [0, 0.05) is 0 Å². The number of allylic oxidation sites excluding steroid dienone is 1. The summed E-state index contributed by atoms with van der Waals surface area (Å²) >= 11 is 29.4.